The van der Waals surface area contributed by atoms with Crippen LogP contribution < -0.4 is 10.3 Å². The Morgan fingerprint density at radius 1 is 1.23 bits per heavy atom. The summed E-state index contributed by atoms with van der Waals surface area (Å²) in [6.07, 6.45) is 1.32. The van der Waals surface area contributed by atoms with E-state index < -0.39 is 16.1 Å². The monoisotopic (exact) mass is 378 g/mol. The Hall–Kier alpha value is -2.46. The van der Waals surface area contributed by atoms with Crippen molar-refractivity contribution >= 4 is 15.7 Å². The molecule has 0 amide bonds. The summed E-state index contributed by atoms with van der Waals surface area (Å²) < 4.78 is 31.2. The van der Waals surface area contributed by atoms with Gasteiger partial charge >= 0.3 is 0 Å². The van der Waals surface area contributed by atoms with E-state index >= 15 is 0 Å². The van der Waals surface area contributed by atoms with Gasteiger partial charge in [0.2, 0.25) is 10.0 Å². The molecule has 2 N–H and O–H groups in total. The standard InChI is InChI=1S/C16H22N6O3S/c1-9(2)16(20-26(24,25)13-8-17-21(5)11(13)4)12-7-15(23)22-14(18-12)6-10(3)19-22/h6-9,16,19-20H,1-5H3/t16-/m0/s1. The lowest BCUT2D eigenvalue weighted by Crippen LogP contribution is -2.33. The Morgan fingerprint density at radius 2 is 1.92 bits per heavy atom. The fourth-order valence-electron chi connectivity index (χ4n) is 2.80. The molecule has 10 heteroatoms. The lowest BCUT2D eigenvalue weighted by molar-refractivity contribution is 0.453. The van der Waals surface area contributed by atoms with Crippen molar-refractivity contribution in [3.05, 3.63) is 45.8 Å². The van der Waals surface area contributed by atoms with Crippen molar-refractivity contribution in [2.45, 2.75) is 38.6 Å². The molecule has 0 saturated heterocycles. The van der Waals surface area contributed by atoms with Gasteiger partial charge in [-0.15, -0.1) is 0 Å². The molecule has 0 aliphatic carbocycles. The van der Waals surface area contributed by atoms with Crippen LogP contribution in [-0.4, -0.2) is 32.8 Å². The number of rotatable bonds is 5. The maximum absolute atomic E-state index is 12.8. The van der Waals surface area contributed by atoms with Gasteiger partial charge in [0.25, 0.3) is 5.56 Å². The minimum atomic E-state index is -3.81. The highest BCUT2D eigenvalue weighted by molar-refractivity contribution is 7.89. The van der Waals surface area contributed by atoms with Gasteiger partial charge in [-0.1, -0.05) is 13.8 Å². The van der Waals surface area contributed by atoms with Gasteiger partial charge in [-0.05, 0) is 19.8 Å². The lowest BCUT2D eigenvalue weighted by Gasteiger charge is -2.21. The average Bonchev–Trinajstić information content (AvgIpc) is 3.08. The zero-order valence-corrected chi connectivity index (χ0v) is 16.1. The number of aryl methyl sites for hydroxylation is 2. The predicted octanol–water partition coefficient (Wildman–Crippen LogP) is 1.05. The van der Waals surface area contributed by atoms with E-state index in [0.717, 1.165) is 5.69 Å². The molecule has 0 spiro atoms. The largest absolute Gasteiger partial charge is 0.294 e. The summed E-state index contributed by atoms with van der Waals surface area (Å²) >= 11 is 0. The molecular weight excluding hydrogens is 356 g/mol. The minimum absolute atomic E-state index is 0.112. The second-order valence-corrected chi connectivity index (χ2v) is 8.40. The van der Waals surface area contributed by atoms with E-state index in [-0.39, 0.29) is 16.4 Å². The highest BCUT2D eigenvalue weighted by atomic mass is 32.2. The lowest BCUT2D eigenvalue weighted by atomic mass is 10.0. The van der Waals surface area contributed by atoms with E-state index in [9.17, 15) is 13.2 Å². The molecule has 3 aromatic heterocycles. The first-order valence-corrected chi connectivity index (χ1v) is 9.68. The van der Waals surface area contributed by atoms with Crippen LogP contribution in [0.3, 0.4) is 0 Å². The molecule has 1 atom stereocenters. The molecule has 9 nitrogen and oxygen atoms in total. The van der Waals surface area contributed by atoms with Gasteiger partial charge < -0.3 is 0 Å². The first-order valence-electron chi connectivity index (χ1n) is 8.20. The number of sulfonamides is 1. The molecule has 3 aromatic rings. The molecule has 0 saturated carbocycles. The average molecular weight is 378 g/mol. The zero-order valence-electron chi connectivity index (χ0n) is 15.3. The normalized spacial score (nSPS) is 13.6. The van der Waals surface area contributed by atoms with Crippen LogP contribution in [0.25, 0.3) is 5.65 Å². The first-order chi connectivity index (χ1) is 12.1. The van der Waals surface area contributed by atoms with E-state index in [1.165, 1.54) is 21.5 Å². The van der Waals surface area contributed by atoms with Crippen molar-refractivity contribution in [3.63, 3.8) is 0 Å². The molecule has 0 aromatic carbocycles. The van der Waals surface area contributed by atoms with Crippen molar-refractivity contribution in [2.75, 3.05) is 0 Å². The van der Waals surface area contributed by atoms with Gasteiger partial charge in [0.15, 0.2) is 5.65 Å². The second-order valence-electron chi connectivity index (χ2n) is 6.71. The van der Waals surface area contributed by atoms with E-state index in [4.69, 9.17) is 0 Å². The van der Waals surface area contributed by atoms with E-state index in [0.29, 0.717) is 17.0 Å². The van der Waals surface area contributed by atoms with Crippen LogP contribution in [0.4, 0.5) is 0 Å². The van der Waals surface area contributed by atoms with Crippen LogP contribution in [-0.2, 0) is 17.1 Å². The van der Waals surface area contributed by atoms with Gasteiger partial charge in [-0.3, -0.25) is 14.6 Å². The molecule has 0 aliphatic rings. The number of fused-ring (bicyclic) bond motifs is 1. The van der Waals surface area contributed by atoms with Gasteiger partial charge in [0.1, 0.15) is 4.90 Å². The molecule has 0 radical (unpaired) electrons. The van der Waals surface area contributed by atoms with Gasteiger partial charge in [0, 0.05) is 24.9 Å². The summed E-state index contributed by atoms with van der Waals surface area (Å²) in [5.41, 5.74) is 1.87. The highest BCUT2D eigenvalue weighted by Gasteiger charge is 2.28. The van der Waals surface area contributed by atoms with Crippen LogP contribution in [0.2, 0.25) is 0 Å². The first kappa shape index (κ1) is 18.3. The Kier molecular flexibility index (Phi) is 4.49. The van der Waals surface area contributed by atoms with Gasteiger partial charge in [0.05, 0.1) is 23.6 Å². The number of hydrogen-bond acceptors (Lipinski definition) is 5. The Balaban J connectivity index is 2.05. The molecule has 140 valence electrons. The molecule has 0 unspecified atom stereocenters. The van der Waals surface area contributed by atoms with Gasteiger partial charge in [-0.2, -0.15) is 5.10 Å². The van der Waals surface area contributed by atoms with E-state index in [1.807, 2.05) is 20.8 Å². The number of aromatic nitrogens is 5. The number of aromatic amines is 1. The third kappa shape index (κ3) is 3.17. The smallest absolute Gasteiger partial charge is 0.272 e. The van der Waals surface area contributed by atoms with Crippen molar-refractivity contribution in [3.8, 4) is 0 Å². The predicted molar refractivity (Wildman–Crippen MR) is 96.4 cm³/mol. The van der Waals surface area contributed by atoms with Gasteiger partial charge in [-0.25, -0.2) is 22.6 Å². The topological polar surface area (TPSA) is 114 Å². The summed E-state index contributed by atoms with van der Waals surface area (Å²) in [5.74, 6) is -0.115. The van der Waals surface area contributed by atoms with Crippen molar-refractivity contribution < 1.29 is 8.42 Å². The summed E-state index contributed by atoms with van der Waals surface area (Å²) in [4.78, 5) is 16.9. The Labute approximate surface area is 151 Å². The number of nitrogens with zero attached hydrogens (tertiary/aromatic N) is 4. The Bertz CT molecular complexity index is 1120. The molecular formula is C16H22N6O3S. The third-order valence-corrected chi connectivity index (χ3v) is 5.89. The maximum Gasteiger partial charge on any atom is 0.272 e. The van der Waals surface area contributed by atoms with Crippen LogP contribution in [0, 0.1) is 19.8 Å². The van der Waals surface area contributed by atoms with Crippen LogP contribution >= 0.6 is 0 Å². The zero-order chi connectivity index (χ0) is 19.2. The minimum Gasteiger partial charge on any atom is -0.294 e. The molecule has 3 heterocycles. The fourth-order valence-corrected chi connectivity index (χ4v) is 4.36. The van der Waals surface area contributed by atoms with Crippen LogP contribution in [0.1, 0.15) is 37.0 Å². The van der Waals surface area contributed by atoms with Crippen molar-refractivity contribution in [1.29, 1.82) is 0 Å². The summed E-state index contributed by atoms with van der Waals surface area (Å²) in [7, 11) is -2.13. The Morgan fingerprint density at radius 3 is 2.50 bits per heavy atom. The molecule has 3 rings (SSSR count). The molecule has 0 fully saturated rings. The maximum atomic E-state index is 12.8. The number of hydrogen-bond donors (Lipinski definition) is 2. The quantitative estimate of drug-likeness (QED) is 0.689. The van der Waals surface area contributed by atoms with Crippen molar-refractivity contribution in [2.24, 2.45) is 13.0 Å². The second kappa shape index (κ2) is 6.36. The van der Waals surface area contributed by atoms with Crippen molar-refractivity contribution in [1.82, 2.24) is 29.1 Å². The summed E-state index contributed by atoms with van der Waals surface area (Å²) in [5, 5.41) is 6.89. The van der Waals surface area contributed by atoms with Crippen LogP contribution in [0.15, 0.2) is 28.0 Å². The molecule has 0 bridgehead atoms. The SMILES string of the molecule is Cc1cc2nc([C@@H](NS(=O)(=O)c3cnn(C)c3C)C(C)C)cc(=O)n2[nH]1. The number of nitrogens with one attached hydrogen (secondary N) is 2. The van der Waals surface area contributed by atoms with Crippen LogP contribution in [0.5, 0.6) is 0 Å². The summed E-state index contributed by atoms with van der Waals surface area (Å²) in [6, 6.07) is 2.45. The van der Waals surface area contributed by atoms with E-state index in [1.54, 1.807) is 20.0 Å². The third-order valence-electron chi connectivity index (χ3n) is 4.35. The summed E-state index contributed by atoms with van der Waals surface area (Å²) in [6.45, 7) is 7.25. The fraction of sp³-hybridized carbons (Fsp3) is 0.438. The number of H-pyrrole nitrogens is 1. The molecule has 0 aliphatic heterocycles. The molecule has 26 heavy (non-hydrogen) atoms. The van der Waals surface area contributed by atoms with E-state index in [2.05, 4.69) is 19.9 Å². The highest BCUT2D eigenvalue weighted by Crippen LogP contribution is 2.23.